The van der Waals surface area contributed by atoms with Crippen LogP contribution in [0.25, 0.3) is 6.08 Å². The first-order valence-electron chi connectivity index (χ1n) is 9.94. The van der Waals surface area contributed by atoms with E-state index >= 15 is 0 Å². The fourth-order valence-electron chi connectivity index (χ4n) is 3.63. The van der Waals surface area contributed by atoms with Gasteiger partial charge in [0.1, 0.15) is 11.6 Å². The molecule has 2 heterocycles. The summed E-state index contributed by atoms with van der Waals surface area (Å²) in [6.45, 7) is 2.96. The van der Waals surface area contributed by atoms with Crippen molar-refractivity contribution in [2.45, 2.75) is 19.9 Å². The zero-order valence-electron chi connectivity index (χ0n) is 18.0. The third-order valence-electron chi connectivity index (χ3n) is 5.08. The van der Waals surface area contributed by atoms with Crippen LogP contribution in [-0.2, 0) is 14.3 Å². The Morgan fingerprint density at radius 3 is 2.48 bits per heavy atom. The number of hydrogen-bond donors (Lipinski definition) is 0. The Morgan fingerprint density at radius 1 is 1.15 bits per heavy atom. The van der Waals surface area contributed by atoms with Crippen LogP contribution in [0.2, 0.25) is 0 Å². The van der Waals surface area contributed by atoms with Gasteiger partial charge < -0.3 is 9.47 Å². The van der Waals surface area contributed by atoms with E-state index in [1.807, 2.05) is 0 Å². The summed E-state index contributed by atoms with van der Waals surface area (Å²) in [7, 11) is 1.26. The molecule has 0 bridgehead atoms. The SMILES string of the molecule is COC(=O)C1=C(C)N=c2s/c(=C\c3ccccc3F)c(=O)n2[C@H]1c1ccc(OC(C)=O)cc1. The van der Waals surface area contributed by atoms with Crippen LogP contribution in [0.4, 0.5) is 4.39 Å². The normalized spacial score (nSPS) is 15.6. The number of esters is 2. The van der Waals surface area contributed by atoms with Crippen molar-refractivity contribution in [3.05, 3.63) is 96.4 Å². The van der Waals surface area contributed by atoms with Gasteiger partial charge in [0.2, 0.25) is 0 Å². The Morgan fingerprint density at radius 2 is 1.85 bits per heavy atom. The molecular weight excluding hydrogens is 447 g/mol. The standard InChI is InChI=1S/C24H19FN2O5S/c1-13-20(23(30)31-3)21(15-8-10-17(11-9-15)32-14(2)28)27-22(29)19(33-24(27)26-13)12-16-6-4-5-7-18(16)25/h4-12,21H,1-3H3/b19-12-/t21-/m0/s1. The zero-order valence-corrected chi connectivity index (χ0v) is 18.8. The van der Waals surface area contributed by atoms with Crippen molar-refractivity contribution in [1.29, 1.82) is 0 Å². The second-order valence-electron chi connectivity index (χ2n) is 7.26. The van der Waals surface area contributed by atoms with Gasteiger partial charge in [-0.15, -0.1) is 0 Å². The van der Waals surface area contributed by atoms with Crippen molar-refractivity contribution < 1.29 is 23.5 Å². The summed E-state index contributed by atoms with van der Waals surface area (Å²) >= 11 is 1.11. The number of rotatable bonds is 4. The summed E-state index contributed by atoms with van der Waals surface area (Å²) in [4.78, 5) is 42.1. The molecular formula is C24H19FN2O5S. The van der Waals surface area contributed by atoms with E-state index in [9.17, 15) is 18.8 Å². The summed E-state index contributed by atoms with van der Waals surface area (Å²) in [6, 6.07) is 11.8. The fourth-order valence-corrected chi connectivity index (χ4v) is 4.66. The molecule has 1 atom stereocenters. The van der Waals surface area contributed by atoms with Gasteiger partial charge in [-0.2, -0.15) is 0 Å². The number of halogens is 1. The minimum atomic E-state index is -0.817. The molecule has 0 amide bonds. The molecule has 1 aliphatic rings. The number of aromatic nitrogens is 1. The Balaban J connectivity index is 1.93. The maximum absolute atomic E-state index is 14.2. The summed E-state index contributed by atoms with van der Waals surface area (Å²) in [5.74, 6) is -1.20. The van der Waals surface area contributed by atoms with Crippen LogP contribution < -0.4 is 19.6 Å². The number of fused-ring (bicyclic) bond motifs is 1. The number of hydrogen-bond acceptors (Lipinski definition) is 7. The topological polar surface area (TPSA) is 87.0 Å². The maximum atomic E-state index is 14.2. The van der Waals surface area contributed by atoms with Crippen molar-refractivity contribution in [2.24, 2.45) is 4.99 Å². The molecule has 0 fully saturated rings. The lowest BCUT2D eigenvalue weighted by molar-refractivity contribution is -0.136. The van der Waals surface area contributed by atoms with Gasteiger partial charge in [0.25, 0.3) is 5.56 Å². The first kappa shape index (κ1) is 22.3. The number of carbonyl (C=O) groups excluding carboxylic acids is 2. The lowest BCUT2D eigenvalue weighted by Crippen LogP contribution is -2.39. The Bertz CT molecular complexity index is 1470. The number of nitrogens with zero attached hydrogens (tertiary/aromatic N) is 2. The van der Waals surface area contributed by atoms with Gasteiger partial charge >= 0.3 is 11.9 Å². The van der Waals surface area contributed by atoms with Crippen LogP contribution >= 0.6 is 11.3 Å². The Kier molecular flexibility index (Phi) is 6.06. The molecule has 9 heteroatoms. The zero-order chi connectivity index (χ0) is 23.7. The second-order valence-corrected chi connectivity index (χ2v) is 8.27. The van der Waals surface area contributed by atoms with Gasteiger partial charge in [0.15, 0.2) is 4.80 Å². The molecule has 4 rings (SSSR count). The Labute approximate surface area is 191 Å². The van der Waals surface area contributed by atoms with E-state index in [0.29, 0.717) is 21.8 Å². The van der Waals surface area contributed by atoms with Crippen LogP contribution in [0, 0.1) is 5.82 Å². The molecule has 2 aromatic carbocycles. The van der Waals surface area contributed by atoms with Crippen LogP contribution in [0.1, 0.15) is 31.0 Å². The maximum Gasteiger partial charge on any atom is 0.338 e. The Hall–Kier alpha value is -3.85. The molecule has 1 aromatic heterocycles. The first-order valence-corrected chi connectivity index (χ1v) is 10.8. The molecule has 0 N–H and O–H groups in total. The number of allylic oxidation sites excluding steroid dienone is 1. The highest BCUT2D eigenvalue weighted by Crippen LogP contribution is 2.31. The van der Waals surface area contributed by atoms with E-state index in [0.717, 1.165) is 11.3 Å². The minimum Gasteiger partial charge on any atom is -0.466 e. The molecule has 168 valence electrons. The van der Waals surface area contributed by atoms with Crippen molar-refractivity contribution in [1.82, 2.24) is 4.57 Å². The molecule has 3 aromatic rings. The van der Waals surface area contributed by atoms with Crippen LogP contribution in [0.5, 0.6) is 5.75 Å². The summed E-state index contributed by atoms with van der Waals surface area (Å²) in [5.41, 5.74) is 1.08. The van der Waals surface area contributed by atoms with E-state index in [2.05, 4.69) is 4.99 Å². The molecule has 33 heavy (non-hydrogen) atoms. The highest BCUT2D eigenvalue weighted by Gasteiger charge is 2.33. The average Bonchev–Trinajstić information content (AvgIpc) is 3.08. The van der Waals surface area contributed by atoms with E-state index in [1.165, 1.54) is 30.7 Å². The molecule has 1 aliphatic heterocycles. The van der Waals surface area contributed by atoms with Gasteiger partial charge in [-0.05, 0) is 36.8 Å². The van der Waals surface area contributed by atoms with Crippen molar-refractivity contribution in [3.63, 3.8) is 0 Å². The predicted molar refractivity (Wildman–Crippen MR) is 120 cm³/mol. The third-order valence-corrected chi connectivity index (χ3v) is 6.06. The molecule has 0 spiro atoms. The van der Waals surface area contributed by atoms with E-state index < -0.39 is 29.4 Å². The van der Waals surface area contributed by atoms with Crippen molar-refractivity contribution >= 4 is 29.4 Å². The average molecular weight is 466 g/mol. The van der Waals surface area contributed by atoms with Gasteiger partial charge in [-0.25, -0.2) is 14.2 Å². The van der Waals surface area contributed by atoms with Gasteiger partial charge in [0.05, 0.1) is 29.0 Å². The molecule has 0 saturated heterocycles. The smallest absolute Gasteiger partial charge is 0.338 e. The van der Waals surface area contributed by atoms with E-state index in [-0.39, 0.29) is 15.7 Å². The fraction of sp³-hybridized carbons (Fsp3) is 0.167. The number of thiazole rings is 1. The van der Waals surface area contributed by atoms with Crippen molar-refractivity contribution in [2.75, 3.05) is 7.11 Å². The van der Waals surface area contributed by atoms with Gasteiger partial charge in [-0.1, -0.05) is 41.7 Å². The number of carbonyl (C=O) groups is 2. The lowest BCUT2D eigenvalue weighted by Gasteiger charge is -2.24. The molecule has 0 saturated carbocycles. The largest absolute Gasteiger partial charge is 0.466 e. The quantitative estimate of drug-likeness (QED) is 0.436. The van der Waals surface area contributed by atoms with E-state index in [4.69, 9.17) is 9.47 Å². The summed E-state index contributed by atoms with van der Waals surface area (Å²) in [5, 5.41) is 0. The predicted octanol–water partition coefficient (Wildman–Crippen LogP) is 2.47. The number of methoxy groups -OCH3 is 1. The third kappa shape index (κ3) is 4.27. The molecule has 0 aliphatic carbocycles. The monoisotopic (exact) mass is 466 g/mol. The first-order chi connectivity index (χ1) is 15.8. The van der Waals surface area contributed by atoms with Crippen LogP contribution in [0.15, 0.2) is 69.6 Å². The van der Waals surface area contributed by atoms with Gasteiger partial charge in [-0.3, -0.25) is 14.2 Å². The number of benzene rings is 2. The second kappa shape index (κ2) is 8.95. The highest BCUT2D eigenvalue weighted by molar-refractivity contribution is 7.07. The molecule has 0 unspecified atom stereocenters. The number of ether oxygens (including phenoxy) is 2. The lowest BCUT2D eigenvalue weighted by atomic mass is 9.96. The summed E-state index contributed by atoms with van der Waals surface area (Å²) < 4.78 is 25.9. The summed E-state index contributed by atoms with van der Waals surface area (Å²) in [6.07, 6.45) is 1.47. The minimum absolute atomic E-state index is 0.211. The molecule has 7 nitrogen and oxygen atoms in total. The van der Waals surface area contributed by atoms with Gasteiger partial charge in [0, 0.05) is 12.5 Å². The van der Waals surface area contributed by atoms with E-state index in [1.54, 1.807) is 49.4 Å². The van der Waals surface area contributed by atoms with Crippen LogP contribution in [-0.4, -0.2) is 23.6 Å². The van der Waals surface area contributed by atoms with Crippen molar-refractivity contribution in [3.8, 4) is 5.75 Å². The highest BCUT2D eigenvalue weighted by atomic mass is 32.1. The van der Waals surface area contributed by atoms with Crippen LogP contribution in [0.3, 0.4) is 0 Å². The molecule has 0 radical (unpaired) electrons.